The Hall–Kier alpha value is -3.72. The maximum absolute atomic E-state index is 14.1. The summed E-state index contributed by atoms with van der Waals surface area (Å²) >= 11 is 0. The van der Waals surface area contributed by atoms with E-state index in [9.17, 15) is 22.4 Å². The molecule has 1 aliphatic carbocycles. The van der Waals surface area contributed by atoms with Crippen LogP contribution in [0.25, 0.3) is 0 Å². The number of hydrogen-bond acceptors (Lipinski definition) is 4. The van der Waals surface area contributed by atoms with Crippen LogP contribution in [-0.4, -0.2) is 50.0 Å². The maximum Gasteiger partial charge on any atom is 0.244 e. The predicted octanol–water partition coefficient (Wildman–Crippen LogP) is 4.99. The molecule has 4 rings (SSSR count). The molecular weight excluding hydrogens is 541 g/mol. The lowest BCUT2D eigenvalue weighted by Gasteiger charge is -2.35. The van der Waals surface area contributed by atoms with Gasteiger partial charge in [-0.3, -0.25) is 13.9 Å². The van der Waals surface area contributed by atoms with Crippen molar-refractivity contribution in [2.24, 2.45) is 0 Å². The molecule has 41 heavy (non-hydrogen) atoms. The SMILES string of the molecule is Cc1ccc(CN(C(=O)CN(c2cccc(F)c2)S(C)(=O)=O)C(Cc2ccccc2)C(=O)NC2CCCCC2)cc1. The zero-order valence-electron chi connectivity index (χ0n) is 23.6. The van der Waals surface area contributed by atoms with Gasteiger partial charge >= 0.3 is 0 Å². The maximum atomic E-state index is 14.1. The van der Waals surface area contributed by atoms with E-state index < -0.39 is 34.3 Å². The highest BCUT2D eigenvalue weighted by atomic mass is 32.2. The van der Waals surface area contributed by atoms with E-state index in [0.717, 1.165) is 65.4 Å². The minimum absolute atomic E-state index is 0.0330. The molecule has 1 N–H and O–H groups in total. The predicted molar refractivity (Wildman–Crippen MR) is 159 cm³/mol. The lowest BCUT2D eigenvalue weighted by Crippen LogP contribution is -2.55. The summed E-state index contributed by atoms with van der Waals surface area (Å²) in [6, 6.07) is 21.4. The molecule has 1 atom stereocenters. The number of rotatable bonds is 11. The number of hydrogen-bond donors (Lipinski definition) is 1. The molecular formula is C32H38FN3O4S. The number of anilines is 1. The van der Waals surface area contributed by atoms with E-state index in [2.05, 4.69) is 5.32 Å². The lowest BCUT2D eigenvalue weighted by atomic mass is 9.94. The first-order valence-electron chi connectivity index (χ1n) is 14.0. The molecule has 1 saturated carbocycles. The van der Waals surface area contributed by atoms with Crippen LogP contribution in [0.15, 0.2) is 78.9 Å². The molecule has 7 nitrogen and oxygen atoms in total. The van der Waals surface area contributed by atoms with Crippen LogP contribution in [-0.2, 0) is 32.6 Å². The Morgan fingerprint density at radius 2 is 1.61 bits per heavy atom. The third kappa shape index (κ3) is 8.63. The van der Waals surface area contributed by atoms with Gasteiger partial charge < -0.3 is 10.2 Å². The zero-order valence-corrected chi connectivity index (χ0v) is 24.4. The van der Waals surface area contributed by atoms with Crippen molar-refractivity contribution in [3.05, 3.63) is 101 Å². The van der Waals surface area contributed by atoms with E-state index >= 15 is 0 Å². The van der Waals surface area contributed by atoms with Crippen molar-refractivity contribution in [1.29, 1.82) is 0 Å². The highest BCUT2D eigenvalue weighted by molar-refractivity contribution is 7.92. The fraction of sp³-hybridized carbons (Fsp3) is 0.375. The number of nitrogens with zero attached hydrogens (tertiary/aromatic N) is 2. The second-order valence-electron chi connectivity index (χ2n) is 10.8. The minimum Gasteiger partial charge on any atom is -0.352 e. The fourth-order valence-electron chi connectivity index (χ4n) is 5.23. The molecule has 0 heterocycles. The zero-order chi connectivity index (χ0) is 29.4. The normalized spacial score (nSPS) is 14.7. The van der Waals surface area contributed by atoms with Gasteiger partial charge in [0, 0.05) is 19.0 Å². The second kappa shape index (κ2) is 13.8. The third-order valence-electron chi connectivity index (χ3n) is 7.47. The Kier molecular flexibility index (Phi) is 10.2. The van der Waals surface area contributed by atoms with Crippen LogP contribution < -0.4 is 9.62 Å². The van der Waals surface area contributed by atoms with E-state index in [1.54, 1.807) is 0 Å². The molecule has 0 radical (unpaired) electrons. The fourth-order valence-corrected chi connectivity index (χ4v) is 6.07. The smallest absolute Gasteiger partial charge is 0.244 e. The largest absolute Gasteiger partial charge is 0.352 e. The summed E-state index contributed by atoms with van der Waals surface area (Å²) in [6.45, 7) is 1.50. The first kappa shape index (κ1) is 30.2. The average Bonchev–Trinajstić information content (AvgIpc) is 2.95. The first-order valence-corrected chi connectivity index (χ1v) is 15.9. The van der Waals surface area contributed by atoms with Gasteiger partial charge in [-0.2, -0.15) is 0 Å². The van der Waals surface area contributed by atoms with Gasteiger partial charge in [-0.15, -0.1) is 0 Å². The molecule has 9 heteroatoms. The molecule has 0 bridgehead atoms. The quantitative estimate of drug-likeness (QED) is 0.347. The van der Waals surface area contributed by atoms with Crippen LogP contribution in [0.4, 0.5) is 10.1 Å². The lowest BCUT2D eigenvalue weighted by molar-refractivity contribution is -0.140. The Balaban J connectivity index is 1.71. The number of carbonyl (C=O) groups excluding carboxylic acids is 2. The third-order valence-corrected chi connectivity index (χ3v) is 8.61. The summed E-state index contributed by atoms with van der Waals surface area (Å²) in [5, 5.41) is 3.18. The van der Waals surface area contributed by atoms with Gasteiger partial charge in [0.05, 0.1) is 11.9 Å². The number of halogens is 1. The monoisotopic (exact) mass is 579 g/mol. The van der Waals surface area contributed by atoms with Crippen LogP contribution in [0.5, 0.6) is 0 Å². The second-order valence-corrected chi connectivity index (χ2v) is 12.7. The van der Waals surface area contributed by atoms with Crippen LogP contribution >= 0.6 is 0 Å². The van der Waals surface area contributed by atoms with Crippen molar-refractivity contribution in [2.75, 3.05) is 17.1 Å². The van der Waals surface area contributed by atoms with E-state index in [0.29, 0.717) is 0 Å². The van der Waals surface area contributed by atoms with E-state index in [1.165, 1.54) is 23.1 Å². The van der Waals surface area contributed by atoms with Gasteiger partial charge in [0.2, 0.25) is 21.8 Å². The summed E-state index contributed by atoms with van der Waals surface area (Å²) in [5.41, 5.74) is 2.78. The van der Waals surface area contributed by atoms with Gasteiger partial charge in [-0.25, -0.2) is 12.8 Å². The molecule has 0 saturated heterocycles. The van der Waals surface area contributed by atoms with Crippen molar-refractivity contribution in [1.82, 2.24) is 10.2 Å². The number of aryl methyl sites for hydroxylation is 1. The molecule has 1 fully saturated rings. The highest BCUT2D eigenvalue weighted by Crippen LogP contribution is 2.22. The van der Waals surface area contributed by atoms with Crippen molar-refractivity contribution in [3.63, 3.8) is 0 Å². The van der Waals surface area contributed by atoms with Crippen molar-refractivity contribution < 1.29 is 22.4 Å². The Morgan fingerprint density at radius 3 is 2.24 bits per heavy atom. The van der Waals surface area contributed by atoms with Gasteiger partial charge in [-0.1, -0.05) is 85.5 Å². The topological polar surface area (TPSA) is 86.8 Å². The molecule has 218 valence electrons. The van der Waals surface area contributed by atoms with Gasteiger partial charge in [0.25, 0.3) is 0 Å². The van der Waals surface area contributed by atoms with Crippen LogP contribution in [0.1, 0.15) is 48.8 Å². The molecule has 0 aromatic heterocycles. The van der Waals surface area contributed by atoms with E-state index in [-0.39, 0.29) is 30.6 Å². The summed E-state index contributed by atoms with van der Waals surface area (Å²) in [5.74, 6) is -1.44. The van der Waals surface area contributed by atoms with Crippen LogP contribution in [0.3, 0.4) is 0 Å². The molecule has 0 spiro atoms. The number of carbonyl (C=O) groups is 2. The molecule has 3 aromatic carbocycles. The van der Waals surface area contributed by atoms with Crippen molar-refractivity contribution >= 4 is 27.5 Å². The summed E-state index contributed by atoms with van der Waals surface area (Å²) < 4.78 is 40.6. The highest BCUT2D eigenvalue weighted by Gasteiger charge is 2.34. The Labute approximate surface area is 242 Å². The average molecular weight is 580 g/mol. The van der Waals surface area contributed by atoms with Crippen molar-refractivity contribution in [3.8, 4) is 0 Å². The first-order chi connectivity index (χ1) is 19.6. The molecule has 3 aromatic rings. The molecule has 2 amide bonds. The standard InChI is InChI=1S/C32H38FN3O4S/c1-24-16-18-26(19-17-24)22-35(31(37)23-36(41(2,39)40)29-15-9-12-27(33)21-29)30(20-25-10-5-3-6-11-25)32(38)34-28-13-7-4-8-14-28/h3,5-6,9-12,15-19,21,28,30H,4,7-8,13-14,20,22-23H2,1-2H3,(H,34,38). The van der Waals surface area contributed by atoms with Crippen LogP contribution in [0.2, 0.25) is 0 Å². The van der Waals surface area contributed by atoms with Gasteiger partial charge in [-0.05, 0) is 49.1 Å². The summed E-state index contributed by atoms with van der Waals surface area (Å²) in [6.07, 6.45) is 6.23. The summed E-state index contributed by atoms with van der Waals surface area (Å²) in [4.78, 5) is 29.5. The summed E-state index contributed by atoms with van der Waals surface area (Å²) in [7, 11) is -3.95. The number of nitrogens with one attached hydrogen (secondary N) is 1. The Bertz CT molecular complexity index is 1420. The molecule has 1 aliphatic rings. The van der Waals surface area contributed by atoms with Gasteiger partial charge in [0.1, 0.15) is 18.4 Å². The number of amides is 2. The van der Waals surface area contributed by atoms with E-state index in [1.807, 2.05) is 61.5 Å². The molecule has 0 aliphatic heterocycles. The van der Waals surface area contributed by atoms with Crippen LogP contribution in [0, 0.1) is 12.7 Å². The molecule has 1 unspecified atom stereocenters. The van der Waals surface area contributed by atoms with Gasteiger partial charge in [0.15, 0.2) is 0 Å². The Morgan fingerprint density at radius 1 is 0.927 bits per heavy atom. The number of sulfonamides is 1. The minimum atomic E-state index is -3.95. The van der Waals surface area contributed by atoms with E-state index in [4.69, 9.17) is 0 Å². The number of benzene rings is 3. The van der Waals surface area contributed by atoms with Crippen molar-refractivity contribution in [2.45, 2.75) is 64.1 Å².